The van der Waals surface area contributed by atoms with Crippen LogP contribution in [-0.4, -0.2) is 41.2 Å². The van der Waals surface area contributed by atoms with Gasteiger partial charge in [-0.2, -0.15) is 0 Å². The number of amides is 3. The second-order valence-corrected chi connectivity index (χ2v) is 9.15. The van der Waals surface area contributed by atoms with E-state index in [0.717, 1.165) is 21.3 Å². The van der Waals surface area contributed by atoms with Crippen molar-refractivity contribution >= 4 is 51.1 Å². The first-order valence-electron chi connectivity index (χ1n) is 9.60. The van der Waals surface area contributed by atoms with Crippen LogP contribution in [-0.2, 0) is 9.59 Å². The second-order valence-electron chi connectivity index (χ2n) is 7.15. The Morgan fingerprint density at radius 1 is 1.16 bits per heavy atom. The molecule has 164 valence electrons. The molecule has 10 heteroatoms. The predicted molar refractivity (Wildman–Crippen MR) is 125 cm³/mol. The van der Waals surface area contributed by atoms with Gasteiger partial charge in [0.15, 0.2) is 0 Å². The van der Waals surface area contributed by atoms with Crippen molar-refractivity contribution in [3.63, 3.8) is 0 Å². The molecule has 1 aliphatic rings. The highest BCUT2D eigenvalue weighted by Crippen LogP contribution is 2.19. The van der Waals surface area contributed by atoms with Crippen LogP contribution in [0.2, 0.25) is 0 Å². The summed E-state index contributed by atoms with van der Waals surface area (Å²) in [6.45, 7) is 3.93. The Bertz CT molecular complexity index is 985. The fourth-order valence-electron chi connectivity index (χ4n) is 3.00. The third kappa shape index (κ3) is 6.07. The van der Waals surface area contributed by atoms with Crippen LogP contribution >= 0.6 is 27.7 Å². The molecule has 2 aromatic carbocycles. The summed E-state index contributed by atoms with van der Waals surface area (Å²) in [6, 6.07) is 11.5. The van der Waals surface area contributed by atoms with Gasteiger partial charge in [0.05, 0.1) is 11.9 Å². The standard InChI is InChI=1S/C21H24BrN5O3S/c1-11-4-3-5-15(12(11)2)24-16(28)10-31-21-26-18(23)17(20(30)27-21)25-19(29)13-6-8-14(22)9-7-13/h3-9,17-18,21,26H,10,23H2,1-2H3,(H,24,28)(H,25,29)(H,27,30). The molecular formula is C21H24BrN5O3S. The number of thioether (sulfide) groups is 1. The van der Waals surface area contributed by atoms with Crippen LogP contribution in [0, 0.1) is 13.8 Å². The summed E-state index contributed by atoms with van der Waals surface area (Å²) in [5.74, 6) is -0.879. The monoisotopic (exact) mass is 505 g/mol. The number of aryl methyl sites for hydroxylation is 1. The lowest BCUT2D eigenvalue weighted by Gasteiger charge is -2.35. The zero-order chi connectivity index (χ0) is 22.5. The first-order chi connectivity index (χ1) is 14.7. The zero-order valence-electron chi connectivity index (χ0n) is 17.1. The van der Waals surface area contributed by atoms with E-state index in [1.54, 1.807) is 24.3 Å². The molecule has 1 aliphatic heterocycles. The van der Waals surface area contributed by atoms with E-state index in [4.69, 9.17) is 5.73 Å². The molecule has 0 aromatic heterocycles. The van der Waals surface area contributed by atoms with Gasteiger partial charge in [0.2, 0.25) is 11.8 Å². The van der Waals surface area contributed by atoms with E-state index in [1.807, 2.05) is 32.0 Å². The number of nitrogens with two attached hydrogens (primary N) is 1. The molecule has 31 heavy (non-hydrogen) atoms. The number of carbonyl (C=O) groups excluding carboxylic acids is 3. The number of hydrogen-bond acceptors (Lipinski definition) is 6. The Morgan fingerprint density at radius 3 is 2.55 bits per heavy atom. The molecule has 8 nitrogen and oxygen atoms in total. The molecule has 2 aromatic rings. The van der Waals surface area contributed by atoms with Gasteiger partial charge in [-0.25, -0.2) is 0 Å². The molecule has 0 radical (unpaired) electrons. The van der Waals surface area contributed by atoms with Gasteiger partial charge in [0, 0.05) is 15.7 Å². The molecule has 0 saturated carbocycles. The van der Waals surface area contributed by atoms with Crippen LogP contribution in [0.1, 0.15) is 21.5 Å². The van der Waals surface area contributed by atoms with Crippen LogP contribution in [0.25, 0.3) is 0 Å². The van der Waals surface area contributed by atoms with Crippen LogP contribution < -0.4 is 27.0 Å². The summed E-state index contributed by atoms with van der Waals surface area (Å²) in [5, 5.41) is 11.3. The van der Waals surface area contributed by atoms with E-state index in [9.17, 15) is 14.4 Å². The molecular weight excluding hydrogens is 482 g/mol. The third-order valence-electron chi connectivity index (χ3n) is 4.91. The number of hydrogen-bond donors (Lipinski definition) is 5. The van der Waals surface area contributed by atoms with E-state index < -0.39 is 29.5 Å². The highest BCUT2D eigenvalue weighted by Gasteiger charge is 2.35. The summed E-state index contributed by atoms with van der Waals surface area (Å²) in [4.78, 5) is 37.2. The molecule has 0 bridgehead atoms. The number of halogens is 1. The van der Waals surface area contributed by atoms with Crippen LogP contribution in [0.4, 0.5) is 5.69 Å². The van der Waals surface area contributed by atoms with Gasteiger partial charge in [0.1, 0.15) is 11.5 Å². The quantitative estimate of drug-likeness (QED) is 0.407. The van der Waals surface area contributed by atoms with Gasteiger partial charge in [-0.1, -0.05) is 28.1 Å². The molecule has 3 atom stereocenters. The van der Waals surface area contributed by atoms with Crippen molar-refractivity contribution in [3.05, 3.63) is 63.6 Å². The largest absolute Gasteiger partial charge is 0.338 e. The number of anilines is 1. The Hall–Kier alpha value is -2.40. The molecule has 0 aliphatic carbocycles. The highest BCUT2D eigenvalue weighted by molar-refractivity contribution is 9.10. The Kier molecular flexibility index (Phi) is 7.71. The molecule has 0 spiro atoms. The van der Waals surface area contributed by atoms with Gasteiger partial charge >= 0.3 is 0 Å². The zero-order valence-corrected chi connectivity index (χ0v) is 19.5. The van der Waals surface area contributed by atoms with E-state index >= 15 is 0 Å². The van der Waals surface area contributed by atoms with E-state index in [-0.39, 0.29) is 11.7 Å². The number of benzene rings is 2. The summed E-state index contributed by atoms with van der Waals surface area (Å²) < 4.78 is 0.847. The SMILES string of the molecule is Cc1cccc(NC(=O)CSC2NC(=O)C(NC(=O)c3ccc(Br)cc3)C(N)N2)c1C. The molecule has 1 fully saturated rings. The number of carbonyl (C=O) groups is 3. The second kappa shape index (κ2) is 10.3. The first kappa shape index (κ1) is 23.3. The first-order valence-corrected chi connectivity index (χ1v) is 11.4. The maximum atomic E-state index is 12.5. The van der Waals surface area contributed by atoms with Crippen molar-refractivity contribution in [2.75, 3.05) is 11.1 Å². The van der Waals surface area contributed by atoms with Crippen molar-refractivity contribution < 1.29 is 14.4 Å². The highest BCUT2D eigenvalue weighted by atomic mass is 79.9. The van der Waals surface area contributed by atoms with Crippen molar-refractivity contribution in [2.24, 2.45) is 5.73 Å². The molecule has 1 heterocycles. The maximum Gasteiger partial charge on any atom is 0.252 e. The Labute approximate surface area is 193 Å². The molecule has 1 saturated heterocycles. The van der Waals surface area contributed by atoms with Crippen molar-refractivity contribution in [2.45, 2.75) is 31.6 Å². The fraction of sp³-hybridized carbons (Fsp3) is 0.286. The normalized spacial score (nSPS) is 20.6. The maximum absolute atomic E-state index is 12.5. The van der Waals surface area contributed by atoms with Gasteiger partial charge in [-0.15, -0.1) is 11.8 Å². The molecule has 6 N–H and O–H groups in total. The lowest BCUT2D eigenvalue weighted by atomic mass is 10.1. The topological polar surface area (TPSA) is 125 Å². The van der Waals surface area contributed by atoms with E-state index in [2.05, 4.69) is 37.2 Å². The minimum absolute atomic E-state index is 0.119. The Morgan fingerprint density at radius 2 is 1.87 bits per heavy atom. The summed E-state index contributed by atoms with van der Waals surface area (Å²) in [7, 11) is 0. The minimum Gasteiger partial charge on any atom is -0.338 e. The van der Waals surface area contributed by atoms with Crippen molar-refractivity contribution in [3.8, 4) is 0 Å². The lowest BCUT2D eigenvalue weighted by Crippen LogP contribution is -2.70. The van der Waals surface area contributed by atoms with Crippen LogP contribution in [0.3, 0.4) is 0 Å². The molecule has 3 amide bonds. The number of rotatable bonds is 6. The summed E-state index contributed by atoms with van der Waals surface area (Å²) in [5.41, 5.74) is 8.80. The average Bonchev–Trinajstić information content (AvgIpc) is 2.73. The molecule has 3 rings (SSSR count). The number of nitrogens with one attached hydrogen (secondary N) is 4. The van der Waals surface area contributed by atoms with Crippen molar-refractivity contribution in [1.29, 1.82) is 0 Å². The fourth-order valence-corrected chi connectivity index (χ4v) is 4.10. The van der Waals surface area contributed by atoms with Crippen LogP contribution in [0.5, 0.6) is 0 Å². The Balaban J connectivity index is 1.50. The van der Waals surface area contributed by atoms with E-state index in [1.165, 1.54) is 11.8 Å². The molecule has 3 unspecified atom stereocenters. The van der Waals surface area contributed by atoms with Gasteiger partial charge in [-0.05, 0) is 55.3 Å². The summed E-state index contributed by atoms with van der Waals surface area (Å²) >= 11 is 4.52. The van der Waals surface area contributed by atoms with Crippen LogP contribution in [0.15, 0.2) is 46.9 Å². The van der Waals surface area contributed by atoms with Gasteiger partial charge in [0.25, 0.3) is 5.91 Å². The van der Waals surface area contributed by atoms with E-state index in [0.29, 0.717) is 5.56 Å². The third-order valence-corrected chi connectivity index (χ3v) is 6.46. The van der Waals surface area contributed by atoms with Crippen molar-refractivity contribution in [1.82, 2.24) is 16.0 Å². The predicted octanol–water partition coefficient (Wildman–Crippen LogP) is 1.82. The van der Waals surface area contributed by atoms with Gasteiger partial charge in [-0.3, -0.25) is 19.7 Å². The smallest absolute Gasteiger partial charge is 0.252 e. The minimum atomic E-state index is -0.934. The average molecular weight is 506 g/mol. The summed E-state index contributed by atoms with van der Waals surface area (Å²) in [6.07, 6.45) is -0.798. The van der Waals surface area contributed by atoms with Gasteiger partial charge < -0.3 is 21.7 Å². The lowest BCUT2D eigenvalue weighted by molar-refractivity contribution is -0.125.